The zero-order valence-electron chi connectivity index (χ0n) is 16.7. The van der Waals surface area contributed by atoms with Gasteiger partial charge in [0.2, 0.25) is 5.91 Å². The van der Waals surface area contributed by atoms with Gasteiger partial charge < -0.3 is 15.0 Å². The van der Waals surface area contributed by atoms with Gasteiger partial charge in [0.05, 0.1) is 19.6 Å². The van der Waals surface area contributed by atoms with Gasteiger partial charge in [-0.3, -0.25) is 9.78 Å². The van der Waals surface area contributed by atoms with Gasteiger partial charge in [-0.2, -0.15) is 0 Å². The average Bonchev–Trinajstić information content (AvgIpc) is 2.79. The molecule has 4 rings (SSSR count). The first kappa shape index (κ1) is 22.4. The van der Waals surface area contributed by atoms with Crippen molar-refractivity contribution in [1.29, 1.82) is 0 Å². The Morgan fingerprint density at radius 2 is 1.77 bits per heavy atom. The van der Waals surface area contributed by atoms with E-state index in [-0.39, 0.29) is 25.6 Å². The molecular weight excluding hydrogens is 393 g/mol. The van der Waals surface area contributed by atoms with Crippen molar-refractivity contribution in [3.63, 3.8) is 0 Å². The minimum Gasteiger partial charge on any atom is -0.378 e. The van der Waals surface area contributed by atoms with E-state index in [1.807, 2.05) is 12.1 Å². The number of ether oxygens (including phenoxy) is 1. The number of nitrogens with zero attached hydrogens (tertiary/aromatic N) is 2. The van der Waals surface area contributed by atoms with Crippen LogP contribution in [0.25, 0.3) is 11.1 Å². The van der Waals surface area contributed by atoms with Gasteiger partial charge in [0, 0.05) is 42.8 Å². The monoisotopic (exact) mass is 421 g/mol. The maximum Gasteiger partial charge on any atom is 0.226 e. The third-order valence-corrected chi connectivity index (χ3v) is 5.12. The Labute approximate surface area is 182 Å². The topological polar surface area (TPSA) is 54.5 Å². The summed E-state index contributed by atoms with van der Waals surface area (Å²) in [5.41, 5.74) is 4.71. The number of aromatic nitrogens is 1. The van der Waals surface area contributed by atoms with Gasteiger partial charge in [0.15, 0.2) is 0 Å². The summed E-state index contributed by atoms with van der Waals surface area (Å²) in [5.74, 6) is -0.452. The normalized spacial score (nSPS) is 13.4. The van der Waals surface area contributed by atoms with Crippen molar-refractivity contribution in [2.75, 3.05) is 31.2 Å². The summed E-state index contributed by atoms with van der Waals surface area (Å²) in [5, 5.41) is 2.80. The molecule has 5 nitrogen and oxygen atoms in total. The number of anilines is 1. The largest absolute Gasteiger partial charge is 0.378 e. The lowest BCUT2D eigenvalue weighted by atomic mass is 10.1. The number of benzene rings is 2. The molecule has 1 aliphatic heterocycles. The molecule has 31 heavy (non-hydrogen) atoms. The lowest BCUT2D eigenvalue weighted by molar-refractivity contribution is -0.120. The van der Waals surface area contributed by atoms with Crippen LogP contribution in [-0.4, -0.2) is 37.2 Å². The Hall–Kier alpha value is -3.25. The van der Waals surface area contributed by atoms with E-state index in [1.165, 1.54) is 17.8 Å². The van der Waals surface area contributed by atoms with Gasteiger partial charge in [0.1, 0.15) is 5.82 Å². The van der Waals surface area contributed by atoms with Crippen LogP contribution in [0.5, 0.6) is 0 Å². The van der Waals surface area contributed by atoms with Crippen molar-refractivity contribution >= 4 is 11.6 Å². The highest BCUT2D eigenvalue weighted by atomic mass is 19.1. The molecule has 0 bridgehead atoms. The number of pyridine rings is 1. The van der Waals surface area contributed by atoms with E-state index in [4.69, 9.17) is 4.74 Å². The SMILES string of the molecule is C.O=C(Cc1ccc(-c2ccc(N3CCOCC3)cc2)cn1)NCc1cccc(F)c1. The molecule has 0 unspecified atom stereocenters. The number of nitrogens with one attached hydrogen (secondary N) is 1. The van der Waals surface area contributed by atoms with Crippen molar-refractivity contribution < 1.29 is 13.9 Å². The van der Waals surface area contributed by atoms with Crippen LogP contribution in [0.15, 0.2) is 66.9 Å². The molecular formula is C25H28FN3O2. The van der Waals surface area contributed by atoms with Crippen molar-refractivity contribution in [2.45, 2.75) is 20.4 Å². The summed E-state index contributed by atoms with van der Waals surface area (Å²) >= 11 is 0. The minimum atomic E-state index is -0.308. The number of amides is 1. The summed E-state index contributed by atoms with van der Waals surface area (Å²) in [7, 11) is 0. The summed E-state index contributed by atoms with van der Waals surface area (Å²) in [6.45, 7) is 3.66. The van der Waals surface area contributed by atoms with Crippen LogP contribution in [0.2, 0.25) is 0 Å². The van der Waals surface area contributed by atoms with Crippen LogP contribution in [0.1, 0.15) is 18.7 Å². The Kier molecular flexibility index (Phi) is 7.73. The number of morpholine rings is 1. The summed E-state index contributed by atoms with van der Waals surface area (Å²) in [4.78, 5) is 18.9. The number of carbonyl (C=O) groups is 1. The van der Waals surface area contributed by atoms with E-state index in [0.29, 0.717) is 12.2 Å². The van der Waals surface area contributed by atoms with Gasteiger partial charge >= 0.3 is 0 Å². The molecule has 0 radical (unpaired) electrons. The van der Waals surface area contributed by atoms with Crippen molar-refractivity contribution in [2.24, 2.45) is 0 Å². The van der Waals surface area contributed by atoms with Crippen LogP contribution in [0.4, 0.5) is 10.1 Å². The molecule has 0 saturated carbocycles. The highest BCUT2D eigenvalue weighted by molar-refractivity contribution is 5.78. The van der Waals surface area contributed by atoms with Gasteiger partial charge in [-0.05, 0) is 41.5 Å². The van der Waals surface area contributed by atoms with Crippen LogP contribution >= 0.6 is 0 Å². The third kappa shape index (κ3) is 6.12. The second-order valence-electron chi connectivity index (χ2n) is 7.27. The van der Waals surface area contributed by atoms with E-state index in [2.05, 4.69) is 39.5 Å². The molecule has 1 saturated heterocycles. The quantitative estimate of drug-likeness (QED) is 0.648. The fourth-order valence-corrected chi connectivity index (χ4v) is 3.46. The zero-order valence-corrected chi connectivity index (χ0v) is 16.7. The number of carbonyl (C=O) groups excluding carboxylic acids is 1. The van der Waals surface area contributed by atoms with Crippen LogP contribution in [0.3, 0.4) is 0 Å². The first-order valence-corrected chi connectivity index (χ1v) is 10.1. The molecule has 0 aliphatic carbocycles. The van der Waals surface area contributed by atoms with Crippen molar-refractivity contribution in [1.82, 2.24) is 10.3 Å². The number of hydrogen-bond acceptors (Lipinski definition) is 4. The lowest BCUT2D eigenvalue weighted by Gasteiger charge is -2.28. The zero-order chi connectivity index (χ0) is 20.8. The maximum absolute atomic E-state index is 13.2. The standard InChI is InChI=1S/C24H24FN3O2.CH4/c25-21-3-1-2-18(14-21)16-27-24(29)15-22-7-4-20(17-26-22)19-5-8-23(9-6-19)28-10-12-30-13-11-28;/h1-9,14,17H,10-13,15-16H2,(H,27,29);1H4. The smallest absolute Gasteiger partial charge is 0.226 e. The predicted molar refractivity (Wildman–Crippen MR) is 121 cm³/mol. The Balaban J connectivity index is 0.00000272. The van der Waals surface area contributed by atoms with Gasteiger partial charge in [-0.15, -0.1) is 0 Å². The van der Waals surface area contributed by atoms with Crippen LogP contribution < -0.4 is 10.2 Å². The molecule has 1 aliphatic rings. The molecule has 1 aromatic heterocycles. The lowest BCUT2D eigenvalue weighted by Crippen LogP contribution is -2.36. The first-order valence-electron chi connectivity index (χ1n) is 10.1. The molecule has 1 amide bonds. The van der Waals surface area contributed by atoms with E-state index >= 15 is 0 Å². The molecule has 2 heterocycles. The fraction of sp³-hybridized carbons (Fsp3) is 0.280. The molecule has 162 valence electrons. The fourth-order valence-electron chi connectivity index (χ4n) is 3.46. The van der Waals surface area contributed by atoms with E-state index in [0.717, 1.165) is 43.0 Å². The second kappa shape index (κ2) is 10.7. The molecule has 6 heteroatoms. The third-order valence-electron chi connectivity index (χ3n) is 5.12. The Morgan fingerprint density at radius 1 is 1.03 bits per heavy atom. The van der Waals surface area contributed by atoms with Gasteiger partial charge in [-0.1, -0.05) is 37.8 Å². The average molecular weight is 422 g/mol. The Morgan fingerprint density at radius 3 is 2.45 bits per heavy atom. The predicted octanol–water partition coefficient (Wildman–Crippen LogP) is 4.22. The van der Waals surface area contributed by atoms with Crippen LogP contribution in [-0.2, 0) is 22.5 Å². The highest BCUT2D eigenvalue weighted by Gasteiger charge is 2.11. The second-order valence-corrected chi connectivity index (χ2v) is 7.27. The molecule has 0 atom stereocenters. The van der Waals surface area contributed by atoms with E-state index in [1.54, 1.807) is 18.3 Å². The summed E-state index contributed by atoms with van der Waals surface area (Å²) in [6, 6.07) is 18.5. The van der Waals surface area contributed by atoms with Gasteiger partial charge in [0.25, 0.3) is 0 Å². The molecule has 2 aromatic carbocycles. The molecule has 3 aromatic rings. The molecule has 0 spiro atoms. The Bertz CT molecular complexity index is 984. The number of halogens is 1. The van der Waals surface area contributed by atoms with Crippen molar-refractivity contribution in [3.05, 3.63) is 83.9 Å². The molecule has 1 fully saturated rings. The minimum absolute atomic E-state index is 0. The highest BCUT2D eigenvalue weighted by Crippen LogP contribution is 2.23. The molecule has 1 N–H and O–H groups in total. The number of rotatable bonds is 6. The van der Waals surface area contributed by atoms with Crippen molar-refractivity contribution in [3.8, 4) is 11.1 Å². The summed E-state index contributed by atoms with van der Waals surface area (Å²) in [6.07, 6.45) is 1.98. The van der Waals surface area contributed by atoms with E-state index in [9.17, 15) is 9.18 Å². The maximum atomic E-state index is 13.2. The van der Waals surface area contributed by atoms with Gasteiger partial charge in [-0.25, -0.2) is 4.39 Å². The first-order chi connectivity index (χ1) is 14.7. The van der Waals surface area contributed by atoms with E-state index < -0.39 is 0 Å². The summed E-state index contributed by atoms with van der Waals surface area (Å²) < 4.78 is 18.6. The number of hydrogen-bond donors (Lipinski definition) is 1. The van der Waals surface area contributed by atoms with Crippen LogP contribution in [0, 0.1) is 5.82 Å².